The fraction of sp³-hybridized carbons (Fsp3) is 0.238. The van der Waals surface area contributed by atoms with Crippen molar-refractivity contribution in [3.8, 4) is 11.3 Å². The molecule has 4 nitrogen and oxygen atoms in total. The third kappa shape index (κ3) is 2.36. The molecule has 5 rings (SSSR count). The maximum atomic E-state index is 13.3. The number of aromatic nitrogens is 1. The number of benzene rings is 2. The van der Waals surface area contributed by atoms with E-state index in [0.29, 0.717) is 10.8 Å². The summed E-state index contributed by atoms with van der Waals surface area (Å²) in [5.41, 5.74) is 3.37. The number of hydrogen-bond donors (Lipinski definition) is 0. The fourth-order valence-electron chi connectivity index (χ4n) is 3.76. The first-order chi connectivity index (χ1) is 12.7. The van der Waals surface area contributed by atoms with Gasteiger partial charge >= 0.3 is 0 Å². The van der Waals surface area contributed by atoms with Crippen molar-refractivity contribution in [2.45, 2.75) is 24.7 Å². The second-order valence-electron chi connectivity index (χ2n) is 7.00. The number of para-hydroxylation sites is 1. The van der Waals surface area contributed by atoms with E-state index in [9.17, 15) is 4.79 Å². The molecule has 130 valence electrons. The molecule has 1 aromatic heterocycles. The van der Waals surface area contributed by atoms with Crippen LogP contribution in [0.4, 0.5) is 5.69 Å². The van der Waals surface area contributed by atoms with E-state index in [-0.39, 0.29) is 5.91 Å². The molecule has 0 N–H and O–H groups in total. The summed E-state index contributed by atoms with van der Waals surface area (Å²) in [6.45, 7) is 0.738. The average molecular weight is 365 g/mol. The Morgan fingerprint density at radius 1 is 1.12 bits per heavy atom. The highest BCUT2D eigenvalue weighted by Gasteiger charge is 2.56. The quantitative estimate of drug-likeness (QED) is 0.681. The lowest BCUT2D eigenvalue weighted by atomic mass is 9.99. The standard InChI is InChI=1S/C21H17ClN2O2/c22-16-7-5-15(6-8-16)18-13-19(23-26-18)21(10-11-21)20(25)24-12-9-14-3-1-2-4-17(14)24/h1-8,13H,9-12H2. The van der Waals surface area contributed by atoms with E-state index in [1.807, 2.05) is 53.4 Å². The second kappa shape index (κ2) is 5.71. The molecule has 1 aliphatic carbocycles. The minimum absolute atomic E-state index is 0.137. The van der Waals surface area contributed by atoms with Crippen molar-refractivity contribution in [2.24, 2.45) is 0 Å². The van der Waals surface area contributed by atoms with Crippen LogP contribution < -0.4 is 4.90 Å². The molecule has 0 radical (unpaired) electrons. The number of carbonyl (C=O) groups is 1. The minimum Gasteiger partial charge on any atom is -0.356 e. The fourth-order valence-corrected chi connectivity index (χ4v) is 3.89. The van der Waals surface area contributed by atoms with E-state index < -0.39 is 5.41 Å². The summed E-state index contributed by atoms with van der Waals surface area (Å²) >= 11 is 5.95. The summed E-state index contributed by atoms with van der Waals surface area (Å²) in [5.74, 6) is 0.802. The van der Waals surface area contributed by atoms with Crippen molar-refractivity contribution in [2.75, 3.05) is 11.4 Å². The van der Waals surface area contributed by atoms with Gasteiger partial charge in [0.25, 0.3) is 0 Å². The van der Waals surface area contributed by atoms with Gasteiger partial charge < -0.3 is 9.42 Å². The van der Waals surface area contributed by atoms with Gasteiger partial charge in [-0.25, -0.2) is 0 Å². The second-order valence-corrected chi connectivity index (χ2v) is 7.44. The molecule has 0 atom stereocenters. The van der Waals surface area contributed by atoms with Crippen LogP contribution in [0.15, 0.2) is 59.1 Å². The highest BCUT2D eigenvalue weighted by atomic mass is 35.5. The van der Waals surface area contributed by atoms with Gasteiger partial charge in [-0.3, -0.25) is 4.79 Å². The van der Waals surface area contributed by atoms with Crippen molar-refractivity contribution < 1.29 is 9.32 Å². The zero-order chi connectivity index (χ0) is 17.7. The number of halogens is 1. The summed E-state index contributed by atoms with van der Waals surface area (Å²) in [6.07, 6.45) is 2.54. The van der Waals surface area contributed by atoms with Crippen molar-refractivity contribution >= 4 is 23.2 Å². The Balaban J connectivity index is 1.45. The lowest BCUT2D eigenvalue weighted by Gasteiger charge is -2.22. The predicted molar refractivity (Wildman–Crippen MR) is 100 cm³/mol. The topological polar surface area (TPSA) is 46.3 Å². The minimum atomic E-state index is -0.536. The van der Waals surface area contributed by atoms with E-state index in [4.69, 9.17) is 16.1 Å². The first kappa shape index (κ1) is 15.6. The number of nitrogens with zero attached hydrogens (tertiary/aromatic N) is 2. The van der Waals surface area contributed by atoms with Gasteiger partial charge in [-0.1, -0.05) is 35.0 Å². The number of carbonyl (C=O) groups excluding carboxylic acids is 1. The molecular weight excluding hydrogens is 348 g/mol. The molecule has 2 aromatic carbocycles. The molecule has 0 spiro atoms. The molecule has 2 aliphatic rings. The van der Waals surface area contributed by atoms with Gasteiger partial charge in [0.15, 0.2) is 5.76 Å². The van der Waals surface area contributed by atoms with Crippen molar-refractivity contribution in [1.29, 1.82) is 0 Å². The number of amides is 1. The number of fused-ring (bicyclic) bond motifs is 1. The van der Waals surface area contributed by atoms with Gasteiger partial charge in [0, 0.05) is 28.9 Å². The first-order valence-electron chi connectivity index (χ1n) is 8.80. The highest BCUT2D eigenvalue weighted by molar-refractivity contribution is 6.30. The Labute approximate surface area is 156 Å². The molecule has 3 aromatic rings. The van der Waals surface area contributed by atoms with Crippen LogP contribution in [0.25, 0.3) is 11.3 Å². The third-order valence-electron chi connectivity index (χ3n) is 5.42. The smallest absolute Gasteiger partial charge is 0.239 e. The normalized spacial score (nSPS) is 17.2. The summed E-state index contributed by atoms with van der Waals surface area (Å²) < 4.78 is 5.54. The lowest BCUT2D eigenvalue weighted by Crippen LogP contribution is -2.38. The first-order valence-corrected chi connectivity index (χ1v) is 9.18. The molecule has 5 heteroatoms. The number of anilines is 1. The number of rotatable bonds is 3. The zero-order valence-corrected chi connectivity index (χ0v) is 14.9. The molecule has 1 amide bonds. The lowest BCUT2D eigenvalue weighted by molar-refractivity contribution is -0.121. The van der Waals surface area contributed by atoms with Crippen LogP contribution in [-0.4, -0.2) is 17.6 Å². The van der Waals surface area contributed by atoms with Crippen molar-refractivity contribution in [1.82, 2.24) is 5.16 Å². The largest absolute Gasteiger partial charge is 0.356 e. The van der Waals surface area contributed by atoms with Crippen LogP contribution in [0.1, 0.15) is 24.1 Å². The van der Waals surface area contributed by atoms with Gasteiger partial charge in [-0.15, -0.1) is 0 Å². The molecule has 1 saturated carbocycles. The summed E-state index contributed by atoms with van der Waals surface area (Å²) in [7, 11) is 0. The molecular formula is C21H17ClN2O2. The number of hydrogen-bond acceptors (Lipinski definition) is 3. The Morgan fingerprint density at radius 3 is 2.65 bits per heavy atom. The van der Waals surface area contributed by atoms with Crippen LogP contribution in [0.3, 0.4) is 0 Å². The van der Waals surface area contributed by atoms with E-state index >= 15 is 0 Å². The van der Waals surface area contributed by atoms with Crippen molar-refractivity contribution in [3.05, 3.63) is 70.9 Å². The molecule has 0 bridgehead atoms. The van der Waals surface area contributed by atoms with Crippen LogP contribution in [-0.2, 0) is 16.6 Å². The van der Waals surface area contributed by atoms with E-state index in [0.717, 1.165) is 42.8 Å². The summed E-state index contributed by atoms with van der Waals surface area (Å²) in [4.78, 5) is 15.2. The summed E-state index contributed by atoms with van der Waals surface area (Å²) in [6, 6.07) is 17.5. The van der Waals surface area contributed by atoms with E-state index in [1.165, 1.54) is 5.56 Å². The molecule has 0 saturated heterocycles. The van der Waals surface area contributed by atoms with Crippen LogP contribution in [0.2, 0.25) is 5.02 Å². The van der Waals surface area contributed by atoms with Gasteiger partial charge in [-0.2, -0.15) is 0 Å². The third-order valence-corrected chi connectivity index (χ3v) is 5.67. The van der Waals surface area contributed by atoms with Crippen LogP contribution in [0.5, 0.6) is 0 Å². The Hall–Kier alpha value is -2.59. The van der Waals surface area contributed by atoms with E-state index in [2.05, 4.69) is 11.2 Å². The molecule has 0 unspecified atom stereocenters. The Morgan fingerprint density at radius 2 is 1.88 bits per heavy atom. The monoisotopic (exact) mass is 364 g/mol. The van der Waals surface area contributed by atoms with Gasteiger partial charge in [0.05, 0.1) is 11.1 Å². The van der Waals surface area contributed by atoms with Crippen LogP contribution in [0, 0.1) is 0 Å². The predicted octanol–water partition coefficient (Wildman–Crippen LogP) is 4.62. The molecule has 1 aliphatic heterocycles. The summed E-state index contributed by atoms with van der Waals surface area (Å²) in [5, 5.41) is 4.92. The molecule has 26 heavy (non-hydrogen) atoms. The molecule has 1 fully saturated rings. The van der Waals surface area contributed by atoms with Gasteiger partial charge in [0.1, 0.15) is 0 Å². The maximum absolute atomic E-state index is 13.3. The highest BCUT2D eigenvalue weighted by Crippen LogP contribution is 2.51. The van der Waals surface area contributed by atoms with Gasteiger partial charge in [-0.05, 0) is 55.2 Å². The van der Waals surface area contributed by atoms with E-state index in [1.54, 1.807) is 0 Å². The molecule has 2 heterocycles. The van der Waals surface area contributed by atoms with Crippen molar-refractivity contribution in [3.63, 3.8) is 0 Å². The maximum Gasteiger partial charge on any atom is 0.239 e. The zero-order valence-electron chi connectivity index (χ0n) is 14.1. The SMILES string of the molecule is O=C(N1CCc2ccccc21)C1(c2cc(-c3ccc(Cl)cc3)on2)CC1. The Kier molecular flexibility index (Phi) is 3.44. The Bertz CT molecular complexity index is 989. The average Bonchev–Trinajstić information content (AvgIpc) is 3.14. The van der Waals surface area contributed by atoms with Crippen LogP contribution >= 0.6 is 11.6 Å². The van der Waals surface area contributed by atoms with Gasteiger partial charge in [0.2, 0.25) is 5.91 Å².